The minimum absolute atomic E-state index is 0.107. The van der Waals surface area contributed by atoms with Gasteiger partial charge in [0.1, 0.15) is 5.75 Å². The minimum Gasteiger partial charge on any atom is -0.497 e. The van der Waals surface area contributed by atoms with Crippen molar-refractivity contribution in [1.82, 2.24) is 4.90 Å². The van der Waals surface area contributed by atoms with Gasteiger partial charge in [0, 0.05) is 24.8 Å². The number of amides is 2. The van der Waals surface area contributed by atoms with E-state index >= 15 is 0 Å². The predicted octanol–water partition coefficient (Wildman–Crippen LogP) is 0.551. The van der Waals surface area contributed by atoms with Gasteiger partial charge in [0.25, 0.3) is 11.8 Å². The lowest BCUT2D eigenvalue weighted by atomic mass is 10.2. The summed E-state index contributed by atoms with van der Waals surface area (Å²) in [5.74, 6) is 0.734. The monoisotopic (exact) mass is 334 g/mol. The molecule has 1 heterocycles. The molecule has 1 aliphatic rings. The van der Waals surface area contributed by atoms with E-state index in [2.05, 4.69) is 5.32 Å². The van der Waals surface area contributed by atoms with Gasteiger partial charge < -0.3 is 19.9 Å². The molecule has 0 aliphatic carbocycles. The van der Waals surface area contributed by atoms with Crippen LogP contribution in [0.1, 0.15) is 25.7 Å². The largest absolute Gasteiger partial charge is 0.497 e. The Morgan fingerprint density at radius 2 is 1.88 bits per heavy atom. The Labute approximate surface area is 143 Å². The van der Waals surface area contributed by atoms with Crippen LogP contribution in [0.25, 0.3) is 0 Å². The summed E-state index contributed by atoms with van der Waals surface area (Å²) in [6, 6.07) is 7.24. The van der Waals surface area contributed by atoms with Gasteiger partial charge in [-0.25, -0.2) is 0 Å². The number of methoxy groups -OCH3 is 1. The van der Waals surface area contributed by atoms with Crippen LogP contribution in [0.4, 0.5) is 5.69 Å². The number of carbonyl (C=O) groups excluding carboxylic acids is 2. The second-order valence-electron chi connectivity index (χ2n) is 6.39. The maximum Gasteiger partial charge on any atom is 0.279 e. The van der Waals surface area contributed by atoms with Crippen LogP contribution >= 0.6 is 0 Å². The van der Waals surface area contributed by atoms with Gasteiger partial charge in [-0.1, -0.05) is 18.9 Å². The van der Waals surface area contributed by atoms with E-state index in [4.69, 9.17) is 4.74 Å². The number of benzene rings is 1. The van der Waals surface area contributed by atoms with Crippen LogP contribution < -0.4 is 15.0 Å². The number of carbonyl (C=O) groups is 2. The van der Waals surface area contributed by atoms with E-state index < -0.39 is 0 Å². The quantitative estimate of drug-likeness (QED) is 0.799. The van der Waals surface area contributed by atoms with Crippen molar-refractivity contribution in [3.63, 3.8) is 0 Å². The summed E-state index contributed by atoms with van der Waals surface area (Å²) >= 11 is 0. The number of likely N-dealkylation sites (tertiary alicyclic amines) is 1. The molecule has 6 nitrogen and oxygen atoms in total. The summed E-state index contributed by atoms with van der Waals surface area (Å²) in [5.41, 5.74) is 0.700. The van der Waals surface area contributed by atoms with E-state index in [1.807, 2.05) is 30.1 Å². The van der Waals surface area contributed by atoms with Gasteiger partial charge in [-0.3, -0.25) is 9.59 Å². The third kappa shape index (κ3) is 5.85. The highest BCUT2D eigenvalue weighted by atomic mass is 16.5. The molecule has 1 aliphatic heterocycles. The predicted molar refractivity (Wildman–Crippen MR) is 93.3 cm³/mol. The summed E-state index contributed by atoms with van der Waals surface area (Å²) in [7, 11) is 3.47. The fraction of sp³-hybridized carbons (Fsp3) is 0.556. The molecule has 6 heteroatoms. The average molecular weight is 334 g/mol. The van der Waals surface area contributed by atoms with Crippen molar-refractivity contribution in [2.75, 3.05) is 45.7 Å². The first-order chi connectivity index (χ1) is 11.6. The number of hydrogen-bond acceptors (Lipinski definition) is 3. The van der Waals surface area contributed by atoms with E-state index in [0.717, 1.165) is 30.8 Å². The molecule has 2 rings (SSSR count). The number of hydrogen-bond donors (Lipinski definition) is 2. The Morgan fingerprint density at radius 3 is 2.54 bits per heavy atom. The molecule has 24 heavy (non-hydrogen) atoms. The molecule has 1 unspecified atom stereocenters. The summed E-state index contributed by atoms with van der Waals surface area (Å²) in [6.45, 7) is 2.31. The molecule has 0 spiro atoms. The van der Waals surface area contributed by atoms with E-state index in [9.17, 15) is 9.59 Å². The summed E-state index contributed by atoms with van der Waals surface area (Å²) in [4.78, 5) is 27.3. The van der Waals surface area contributed by atoms with Crippen LogP contribution in [-0.4, -0.2) is 57.1 Å². The number of nitrogens with zero attached hydrogens (tertiary/aromatic N) is 1. The van der Waals surface area contributed by atoms with E-state index in [0.29, 0.717) is 18.0 Å². The normalized spacial score (nSPS) is 16.2. The second kappa shape index (κ2) is 9.27. The van der Waals surface area contributed by atoms with Crippen LogP contribution in [0.3, 0.4) is 0 Å². The Morgan fingerprint density at radius 1 is 1.17 bits per heavy atom. The summed E-state index contributed by atoms with van der Waals surface area (Å²) in [6.07, 6.45) is 4.58. The van der Waals surface area contributed by atoms with Crippen LogP contribution in [0.2, 0.25) is 0 Å². The zero-order chi connectivity index (χ0) is 17.4. The lowest BCUT2D eigenvalue weighted by Crippen LogP contribution is -3.11. The number of ether oxygens (including phenoxy) is 1. The highest BCUT2D eigenvalue weighted by Crippen LogP contribution is 2.16. The van der Waals surface area contributed by atoms with Crippen LogP contribution in [0.15, 0.2) is 24.3 Å². The Hall–Kier alpha value is -2.08. The molecule has 2 N–H and O–H groups in total. The number of nitrogens with one attached hydrogen (secondary N) is 2. The maximum atomic E-state index is 12.3. The smallest absolute Gasteiger partial charge is 0.279 e. The Bertz CT molecular complexity index is 554. The highest BCUT2D eigenvalue weighted by Gasteiger charge is 2.20. The Balaban J connectivity index is 1.79. The maximum absolute atomic E-state index is 12.3. The lowest BCUT2D eigenvalue weighted by molar-refractivity contribution is -0.862. The zero-order valence-electron chi connectivity index (χ0n) is 14.6. The third-order valence-electron chi connectivity index (χ3n) is 4.23. The molecule has 2 amide bonds. The van der Waals surface area contributed by atoms with Crippen LogP contribution in [-0.2, 0) is 9.59 Å². The van der Waals surface area contributed by atoms with Gasteiger partial charge in [0.2, 0.25) is 0 Å². The van der Waals surface area contributed by atoms with Crippen molar-refractivity contribution in [3.8, 4) is 5.75 Å². The molecule has 0 aromatic heterocycles. The molecule has 1 fully saturated rings. The first-order valence-corrected chi connectivity index (χ1v) is 8.61. The van der Waals surface area contributed by atoms with Gasteiger partial charge in [0.05, 0.1) is 14.2 Å². The van der Waals surface area contributed by atoms with Gasteiger partial charge in [-0.05, 0) is 25.0 Å². The lowest BCUT2D eigenvalue weighted by Gasteiger charge is -2.22. The molecule has 1 saturated heterocycles. The standard InChI is InChI=1S/C18H27N3O3/c1-20(14-18(23)21-10-5-3-4-6-11-21)13-17(22)19-15-8-7-9-16(12-15)24-2/h7-9,12H,3-6,10-11,13-14H2,1-2H3,(H,19,22)/p+1. The number of rotatable bonds is 6. The molecule has 0 radical (unpaired) electrons. The van der Waals surface area contributed by atoms with Gasteiger partial charge in [0.15, 0.2) is 13.1 Å². The minimum atomic E-state index is -0.107. The van der Waals surface area contributed by atoms with Gasteiger partial charge in [-0.15, -0.1) is 0 Å². The summed E-state index contributed by atoms with van der Waals surface area (Å²) < 4.78 is 5.14. The average Bonchev–Trinajstić information content (AvgIpc) is 2.84. The second-order valence-corrected chi connectivity index (χ2v) is 6.39. The van der Waals surface area contributed by atoms with Gasteiger partial charge >= 0.3 is 0 Å². The topological polar surface area (TPSA) is 63.1 Å². The zero-order valence-corrected chi connectivity index (χ0v) is 14.6. The van der Waals surface area contributed by atoms with E-state index in [1.54, 1.807) is 13.2 Å². The van der Waals surface area contributed by atoms with Crippen molar-refractivity contribution in [1.29, 1.82) is 0 Å². The molecule has 1 atom stereocenters. The number of likely N-dealkylation sites (N-methyl/N-ethyl adjacent to an activating group) is 1. The number of quaternary nitrogens is 1. The SMILES string of the molecule is COc1cccc(NC(=O)C[NH+](C)CC(=O)N2CCCCCC2)c1. The van der Waals surface area contributed by atoms with Crippen molar-refractivity contribution in [2.45, 2.75) is 25.7 Å². The number of anilines is 1. The fourth-order valence-corrected chi connectivity index (χ4v) is 2.93. The molecular formula is C18H28N3O3+. The molecule has 132 valence electrons. The van der Waals surface area contributed by atoms with Crippen molar-refractivity contribution in [2.24, 2.45) is 0 Å². The van der Waals surface area contributed by atoms with Crippen molar-refractivity contribution >= 4 is 17.5 Å². The molecule has 0 bridgehead atoms. The highest BCUT2D eigenvalue weighted by molar-refractivity contribution is 5.91. The van der Waals surface area contributed by atoms with Crippen molar-refractivity contribution < 1.29 is 19.2 Å². The Kier molecular flexibility index (Phi) is 7.06. The first kappa shape index (κ1) is 18.3. The molecular weight excluding hydrogens is 306 g/mol. The van der Waals surface area contributed by atoms with Crippen LogP contribution in [0, 0.1) is 0 Å². The third-order valence-corrected chi connectivity index (χ3v) is 4.23. The van der Waals surface area contributed by atoms with E-state index in [1.165, 1.54) is 12.8 Å². The van der Waals surface area contributed by atoms with Crippen LogP contribution in [0.5, 0.6) is 5.75 Å². The molecule has 0 saturated carbocycles. The van der Waals surface area contributed by atoms with E-state index in [-0.39, 0.29) is 18.4 Å². The van der Waals surface area contributed by atoms with Crippen molar-refractivity contribution in [3.05, 3.63) is 24.3 Å². The summed E-state index contributed by atoms with van der Waals surface area (Å²) in [5, 5.41) is 2.85. The fourth-order valence-electron chi connectivity index (χ4n) is 2.93. The molecule has 1 aromatic rings. The molecule has 1 aromatic carbocycles. The first-order valence-electron chi connectivity index (χ1n) is 8.61. The van der Waals surface area contributed by atoms with Gasteiger partial charge in [-0.2, -0.15) is 0 Å².